The minimum Gasteiger partial charge on any atom is -0.329 e. The first kappa shape index (κ1) is 16.4. The van der Waals surface area contributed by atoms with Gasteiger partial charge in [-0.05, 0) is 11.6 Å². The lowest BCUT2D eigenvalue weighted by Crippen LogP contribution is -2.24. The van der Waals surface area contributed by atoms with E-state index in [2.05, 4.69) is 0 Å². The molecule has 0 unspecified atom stereocenters. The summed E-state index contributed by atoms with van der Waals surface area (Å²) in [7, 11) is -3.44. The molecule has 1 amide bonds. The zero-order chi connectivity index (χ0) is 15.2. The maximum atomic E-state index is 12.1. The van der Waals surface area contributed by atoms with Crippen LogP contribution in [0.1, 0.15) is 12.5 Å². The highest BCUT2D eigenvalue weighted by molar-refractivity contribution is 7.91. The molecule has 0 aliphatic heterocycles. The Balaban J connectivity index is 3.09. The van der Waals surface area contributed by atoms with Crippen LogP contribution in [-0.2, 0) is 14.6 Å². The van der Waals surface area contributed by atoms with E-state index in [1.165, 1.54) is 12.1 Å². The van der Waals surface area contributed by atoms with E-state index in [0.29, 0.717) is 5.56 Å². The molecule has 0 saturated heterocycles. The summed E-state index contributed by atoms with van der Waals surface area (Å²) in [6, 6.07) is 6.48. The van der Waals surface area contributed by atoms with E-state index >= 15 is 0 Å². The minimum absolute atomic E-state index is 0.0453. The van der Waals surface area contributed by atoms with Crippen molar-refractivity contribution in [1.82, 2.24) is 5.48 Å². The number of carbonyl (C=O) groups excluding carboxylic acids is 1. The summed E-state index contributed by atoms with van der Waals surface area (Å²) in [5, 5.41) is 8.51. The van der Waals surface area contributed by atoms with Crippen molar-refractivity contribution in [3.63, 3.8) is 0 Å². The summed E-state index contributed by atoms with van der Waals surface area (Å²) in [6.07, 6.45) is 3.06. The van der Waals surface area contributed by atoms with Gasteiger partial charge in [-0.2, -0.15) is 0 Å². The van der Waals surface area contributed by atoms with E-state index in [1.807, 2.05) is 0 Å². The monoisotopic (exact) mass is 298 g/mol. The number of hydrogen-bond donors (Lipinski definition) is 3. The normalized spacial score (nSPS) is 13.3. The Morgan fingerprint density at radius 2 is 2.10 bits per heavy atom. The molecule has 0 aliphatic rings. The summed E-state index contributed by atoms with van der Waals surface area (Å²) in [4.78, 5) is 11.3. The quantitative estimate of drug-likeness (QED) is 0.525. The number of nitrogens with one attached hydrogen (secondary N) is 1. The van der Waals surface area contributed by atoms with Crippen LogP contribution in [0, 0.1) is 5.92 Å². The van der Waals surface area contributed by atoms with Gasteiger partial charge >= 0.3 is 0 Å². The predicted octanol–water partition coefficient (Wildman–Crippen LogP) is 0.574. The Kier molecular flexibility index (Phi) is 5.87. The van der Waals surface area contributed by atoms with Crippen molar-refractivity contribution in [2.45, 2.75) is 11.8 Å². The number of rotatable bonds is 6. The third-order valence-corrected chi connectivity index (χ3v) is 4.54. The van der Waals surface area contributed by atoms with Crippen molar-refractivity contribution in [1.29, 1.82) is 0 Å². The van der Waals surface area contributed by atoms with Crippen LogP contribution < -0.4 is 11.2 Å². The van der Waals surface area contributed by atoms with Crippen LogP contribution in [0.4, 0.5) is 0 Å². The van der Waals surface area contributed by atoms with Crippen molar-refractivity contribution in [2.24, 2.45) is 11.7 Å². The summed E-state index contributed by atoms with van der Waals surface area (Å²) in [5.41, 5.74) is 7.33. The van der Waals surface area contributed by atoms with Crippen LogP contribution in [0.5, 0.6) is 0 Å². The van der Waals surface area contributed by atoms with E-state index in [0.717, 1.165) is 0 Å². The highest BCUT2D eigenvalue weighted by atomic mass is 32.2. The number of hydrogen-bond acceptors (Lipinski definition) is 5. The maximum absolute atomic E-state index is 12.1. The second-order valence-corrected chi connectivity index (χ2v) is 6.35. The molecule has 0 aliphatic carbocycles. The van der Waals surface area contributed by atoms with Crippen LogP contribution in [0.25, 0.3) is 6.08 Å². The van der Waals surface area contributed by atoms with E-state index in [4.69, 9.17) is 10.9 Å². The molecular formula is C13H18N2O4S. The van der Waals surface area contributed by atoms with Crippen LogP contribution in [-0.4, -0.2) is 31.8 Å². The Hall–Kier alpha value is -1.70. The number of nitrogens with two attached hydrogens (primary N) is 1. The van der Waals surface area contributed by atoms with Gasteiger partial charge in [-0.1, -0.05) is 37.3 Å². The van der Waals surface area contributed by atoms with E-state index < -0.39 is 21.7 Å². The van der Waals surface area contributed by atoms with Crippen LogP contribution in [0.2, 0.25) is 0 Å². The second-order valence-electron chi connectivity index (χ2n) is 4.27. The highest BCUT2D eigenvalue weighted by Crippen LogP contribution is 2.19. The molecule has 4 N–H and O–H groups in total. The zero-order valence-corrected chi connectivity index (χ0v) is 11.9. The van der Waals surface area contributed by atoms with Gasteiger partial charge in [0.15, 0.2) is 9.84 Å². The average Bonchev–Trinajstić information content (AvgIpc) is 2.44. The Labute approximate surface area is 118 Å². The first-order valence-electron chi connectivity index (χ1n) is 6.06. The first-order chi connectivity index (χ1) is 9.42. The Bertz CT molecular complexity index is 596. The molecular weight excluding hydrogens is 280 g/mol. The van der Waals surface area contributed by atoms with Crippen molar-refractivity contribution < 1.29 is 18.4 Å². The molecule has 0 aromatic heterocycles. The molecule has 0 heterocycles. The molecule has 0 radical (unpaired) electrons. The van der Waals surface area contributed by atoms with Crippen LogP contribution in [0.15, 0.2) is 35.2 Å². The van der Waals surface area contributed by atoms with Gasteiger partial charge in [0.05, 0.1) is 16.6 Å². The van der Waals surface area contributed by atoms with Gasteiger partial charge in [-0.3, -0.25) is 10.0 Å². The molecule has 1 rings (SSSR count). The first-order valence-corrected chi connectivity index (χ1v) is 7.71. The SMILES string of the molecule is C[C@H](C=Cc1ccccc1S(=O)(=O)CCN)C(=O)NO. The van der Waals surface area contributed by atoms with Crippen LogP contribution >= 0.6 is 0 Å². The number of carbonyl (C=O) groups is 1. The number of amides is 1. The minimum atomic E-state index is -3.44. The third-order valence-electron chi connectivity index (χ3n) is 2.73. The maximum Gasteiger partial charge on any atom is 0.249 e. The molecule has 20 heavy (non-hydrogen) atoms. The largest absolute Gasteiger partial charge is 0.329 e. The van der Waals surface area contributed by atoms with E-state index in [9.17, 15) is 13.2 Å². The smallest absolute Gasteiger partial charge is 0.249 e. The summed E-state index contributed by atoms with van der Waals surface area (Å²) in [6.45, 7) is 1.63. The lowest BCUT2D eigenvalue weighted by atomic mass is 10.1. The molecule has 0 spiro atoms. The lowest BCUT2D eigenvalue weighted by Gasteiger charge is -2.07. The third kappa shape index (κ3) is 4.16. The predicted molar refractivity (Wildman–Crippen MR) is 75.7 cm³/mol. The molecule has 0 saturated carbocycles. The molecule has 1 aromatic rings. The van der Waals surface area contributed by atoms with Gasteiger partial charge in [0, 0.05) is 6.54 Å². The summed E-state index contributed by atoms with van der Waals surface area (Å²) < 4.78 is 24.1. The lowest BCUT2D eigenvalue weighted by molar-refractivity contribution is -0.131. The fraction of sp³-hybridized carbons (Fsp3) is 0.308. The Morgan fingerprint density at radius 1 is 1.45 bits per heavy atom. The number of benzene rings is 1. The average molecular weight is 298 g/mol. The molecule has 1 atom stereocenters. The van der Waals surface area contributed by atoms with Crippen LogP contribution in [0.3, 0.4) is 0 Å². The van der Waals surface area contributed by atoms with E-state index in [-0.39, 0.29) is 17.2 Å². The second kappa shape index (κ2) is 7.18. The van der Waals surface area contributed by atoms with Crippen molar-refractivity contribution in [3.05, 3.63) is 35.9 Å². The number of sulfone groups is 1. The number of hydroxylamine groups is 1. The fourth-order valence-electron chi connectivity index (χ4n) is 1.60. The Morgan fingerprint density at radius 3 is 2.70 bits per heavy atom. The molecule has 110 valence electrons. The molecule has 0 bridgehead atoms. The zero-order valence-electron chi connectivity index (χ0n) is 11.1. The molecule has 7 heteroatoms. The van der Waals surface area contributed by atoms with Gasteiger partial charge in [0.2, 0.25) is 5.91 Å². The van der Waals surface area contributed by atoms with Gasteiger partial charge in [-0.15, -0.1) is 0 Å². The summed E-state index contributed by atoms with van der Waals surface area (Å²) >= 11 is 0. The van der Waals surface area contributed by atoms with Gasteiger partial charge in [-0.25, -0.2) is 13.9 Å². The van der Waals surface area contributed by atoms with E-state index in [1.54, 1.807) is 36.7 Å². The van der Waals surface area contributed by atoms with Gasteiger partial charge < -0.3 is 5.73 Å². The summed E-state index contributed by atoms with van der Waals surface area (Å²) in [5.74, 6) is -1.28. The molecule has 6 nitrogen and oxygen atoms in total. The van der Waals surface area contributed by atoms with Crippen molar-refractivity contribution in [2.75, 3.05) is 12.3 Å². The molecule has 0 fully saturated rings. The highest BCUT2D eigenvalue weighted by Gasteiger charge is 2.16. The topological polar surface area (TPSA) is 109 Å². The van der Waals surface area contributed by atoms with Gasteiger partial charge in [0.25, 0.3) is 0 Å². The van der Waals surface area contributed by atoms with Crippen molar-refractivity contribution in [3.8, 4) is 0 Å². The van der Waals surface area contributed by atoms with Gasteiger partial charge in [0.1, 0.15) is 0 Å². The standard InChI is InChI=1S/C13H18N2O4S/c1-10(13(16)15-17)6-7-11-4-2-3-5-12(11)20(18,19)9-8-14/h2-7,10,17H,8-9,14H2,1H3,(H,15,16)/t10-/m1/s1. The fourth-order valence-corrected chi connectivity index (χ4v) is 2.92. The van der Waals surface area contributed by atoms with Crippen molar-refractivity contribution >= 4 is 21.8 Å². The molecule has 1 aromatic carbocycles.